The Morgan fingerprint density at radius 3 is 2.60 bits per heavy atom. The largest absolute Gasteiger partial charge is 0.394 e. The summed E-state index contributed by atoms with van der Waals surface area (Å²) in [5.74, 6) is -0.0983. The number of amides is 1. The minimum Gasteiger partial charge on any atom is -0.394 e. The fraction of sp³-hybridized carbons (Fsp3) is 0.364. The Morgan fingerprint density at radius 1 is 1.47 bits per heavy atom. The number of nitrogens with one attached hydrogen (secondary N) is 1. The third kappa shape index (κ3) is 4.32. The highest BCUT2D eigenvalue weighted by Crippen LogP contribution is 2.09. The van der Waals surface area contributed by atoms with Crippen LogP contribution in [-0.4, -0.2) is 23.7 Å². The monoisotopic (exact) mass is 227 g/mol. The van der Waals surface area contributed by atoms with Gasteiger partial charge < -0.3 is 10.4 Å². The number of aliphatic hydroxyl groups is 1. The average Bonchev–Trinajstić information content (AvgIpc) is 2.21. The van der Waals surface area contributed by atoms with E-state index in [9.17, 15) is 4.79 Å². The Balaban J connectivity index is 2.48. The normalized spacial score (nSPS) is 12.2. The predicted octanol–water partition coefficient (Wildman–Crippen LogP) is 1.38. The van der Waals surface area contributed by atoms with Crippen LogP contribution >= 0.6 is 11.6 Å². The molecule has 15 heavy (non-hydrogen) atoms. The molecule has 0 unspecified atom stereocenters. The second-order valence-corrected chi connectivity index (χ2v) is 3.89. The molecule has 0 saturated carbocycles. The molecule has 3 nitrogen and oxygen atoms in total. The lowest BCUT2D eigenvalue weighted by Gasteiger charge is -2.10. The smallest absolute Gasteiger partial charge is 0.224 e. The number of hydrogen-bond acceptors (Lipinski definition) is 2. The number of carbonyl (C=O) groups excluding carboxylic acids is 1. The molecule has 1 aromatic carbocycles. The second-order valence-electron chi connectivity index (χ2n) is 3.45. The molecular weight excluding hydrogens is 214 g/mol. The number of rotatable bonds is 4. The molecule has 0 aromatic heterocycles. The molecule has 0 aliphatic carbocycles. The first-order chi connectivity index (χ1) is 7.11. The fourth-order valence-corrected chi connectivity index (χ4v) is 1.29. The van der Waals surface area contributed by atoms with Crippen LogP contribution in [0.2, 0.25) is 5.02 Å². The molecule has 1 amide bonds. The van der Waals surface area contributed by atoms with Gasteiger partial charge in [0.05, 0.1) is 13.0 Å². The molecule has 0 aliphatic heterocycles. The van der Waals surface area contributed by atoms with Crippen LogP contribution in [0.5, 0.6) is 0 Å². The zero-order chi connectivity index (χ0) is 11.3. The molecule has 0 fully saturated rings. The van der Waals surface area contributed by atoms with Crippen LogP contribution in [-0.2, 0) is 11.2 Å². The van der Waals surface area contributed by atoms with Gasteiger partial charge in [0, 0.05) is 11.1 Å². The van der Waals surface area contributed by atoms with Crippen molar-refractivity contribution in [2.24, 2.45) is 0 Å². The van der Waals surface area contributed by atoms with Crippen LogP contribution in [0, 0.1) is 0 Å². The third-order valence-electron chi connectivity index (χ3n) is 1.96. The number of carbonyl (C=O) groups is 1. The maximum atomic E-state index is 11.4. The zero-order valence-corrected chi connectivity index (χ0v) is 9.29. The summed E-state index contributed by atoms with van der Waals surface area (Å²) in [5.41, 5.74) is 0.905. The van der Waals surface area contributed by atoms with Crippen LogP contribution in [0.25, 0.3) is 0 Å². The van der Waals surface area contributed by atoms with Gasteiger partial charge in [-0.1, -0.05) is 23.7 Å². The summed E-state index contributed by atoms with van der Waals surface area (Å²) in [7, 11) is 0. The van der Waals surface area contributed by atoms with Gasteiger partial charge in [-0.15, -0.1) is 0 Å². The van der Waals surface area contributed by atoms with E-state index >= 15 is 0 Å². The third-order valence-corrected chi connectivity index (χ3v) is 2.21. The van der Waals surface area contributed by atoms with Crippen molar-refractivity contribution < 1.29 is 9.90 Å². The van der Waals surface area contributed by atoms with E-state index in [0.717, 1.165) is 5.56 Å². The van der Waals surface area contributed by atoms with Gasteiger partial charge in [-0.05, 0) is 24.6 Å². The number of halogens is 1. The summed E-state index contributed by atoms with van der Waals surface area (Å²) in [5, 5.41) is 12.1. The van der Waals surface area contributed by atoms with E-state index in [0.29, 0.717) is 11.4 Å². The quantitative estimate of drug-likeness (QED) is 0.817. The summed E-state index contributed by atoms with van der Waals surface area (Å²) in [6.07, 6.45) is 0.307. The molecule has 0 radical (unpaired) electrons. The first kappa shape index (κ1) is 12.0. The van der Waals surface area contributed by atoms with Crippen molar-refractivity contribution in [3.8, 4) is 0 Å². The van der Waals surface area contributed by atoms with Gasteiger partial charge in [0.1, 0.15) is 0 Å². The van der Waals surface area contributed by atoms with Gasteiger partial charge in [-0.25, -0.2) is 0 Å². The van der Waals surface area contributed by atoms with Crippen LogP contribution in [0.4, 0.5) is 0 Å². The molecule has 82 valence electrons. The highest BCUT2D eigenvalue weighted by Gasteiger charge is 2.06. The van der Waals surface area contributed by atoms with Gasteiger partial charge in [-0.3, -0.25) is 4.79 Å². The van der Waals surface area contributed by atoms with Crippen molar-refractivity contribution in [3.05, 3.63) is 34.9 Å². The maximum absolute atomic E-state index is 11.4. The van der Waals surface area contributed by atoms with Crippen LogP contribution in [0.15, 0.2) is 24.3 Å². The first-order valence-electron chi connectivity index (χ1n) is 4.76. The summed E-state index contributed by atoms with van der Waals surface area (Å²) in [6, 6.07) is 6.92. The lowest BCUT2D eigenvalue weighted by Crippen LogP contribution is -2.35. The van der Waals surface area contributed by atoms with Crippen molar-refractivity contribution in [3.63, 3.8) is 0 Å². The minimum atomic E-state index is -0.204. The highest BCUT2D eigenvalue weighted by atomic mass is 35.5. The minimum absolute atomic E-state index is 0.0492. The molecule has 0 aliphatic rings. The van der Waals surface area contributed by atoms with E-state index in [1.165, 1.54) is 0 Å². The summed E-state index contributed by atoms with van der Waals surface area (Å²) < 4.78 is 0. The number of benzene rings is 1. The van der Waals surface area contributed by atoms with Gasteiger partial charge in [0.2, 0.25) is 5.91 Å². The lowest BCUT2D eigenvalue weighted by molar-refractivity contribution is -0.121. The number of aliphatic hydroxyl groups excluding tert-OH is 1. The van der Waals surface area contributed by atoms with Crippen molar-refractivity contribution in [1.82, 2.24) is 5.32 Å². The summed E-state index contributed by atoms with van der Waals surface area (Å²) in [6.45, 7) is 1.70. The Kier molecular flexibility index (Phi) is 4.59. The van der Waals surface area contributed by atoms with Crippen molar-refractivity contribution in [2.75, 3.05) is 6.61 Å². The van der Waals surface area contributed by atoms with Crippen LogP contribution in [0.1, 0.15) is 12.5 Å². The van der Waals surface area contributed by atoms with E-state index in [1.54, 1.807) is 19.1 Å². The first-order valence-corrected chi connectivity index (χ1v) is 5.14. The predicted molar refractivity (Wildman–Crippen MR) is 59.8 cm³/mol. The number of hydrogen-bond donors (Lipinski definition) is 2. The second kappa shape index (κ2) is 5.73. The molecule has 2 N–H and O–H groups in total. The Hall–Kier alpha value is -1.06. The van der Waals surface area contributed by atoms with E-state index in [1.807, 2.05) is 12.1 Å². The standard InChI is InChI=1S/C11H14ClNO2/c1-8(7-14)13-11(15)6-9-2-4-10(12)5-3-9/h2-5,8,14H,6-7H2,1H3,(H,13,15)/t8-/m0/s1. The van der Waals surface area contributed by atoms with E-state index in [2.05, 4.69) is 5.32 Å². The van der Waals surface area contributed by atoms with Gasteiger partial charge in [0.15, 0.2) is 0 Å². The van der Waals surface area contributed by atoms with E-state index in [4.69, 9.17) is 16.7 Å². The molecule has 1 rings (SSSR count). The topological polar surface area (TPSA) is 49.3 Å². The molecule has 0 spiro atoms. The van der Waals surface area contributed by atoms with Crippen molar-refractivity contribution in [1.29, 1.82) is 0 Å². The molecule has 1 atom stereocenters. The van der Waals surface area contributed by atoms with E-state index < -0.39 is 0 Å². The highest BCUT2D eigenvalue weighted by molar-refractivity contribution is 6.30. The van der Waals surface area contributed by atoms with Gasteiger partial charge in [0.25, 0.3) is 0 Å². The average molecular weight is 228 g/mol. The van der Waals surface area contributed by atoms with Gasteiger partial charge >= 0.3 is 0 Å². The zero-order valence-electron chi connectivity index (χ0n) is 8.53. The van der Waals surface area contributed by atoms with Crippen molar-refractivity contribution >= 4 is 17.5 Å². The SMILES string of the molecule is C[C@@H](CO)NC(=O)Cc1ccc(Cl)cc1. The molecular formula is C11H14ClNO2. The Bertz CT molecular complexity index is 324. The molecule has 0 bridgehead atoms. The van der Waals surface area contributed by atoms with Crippen LogP contribution < -0.4 is 5.32 Å². The Labute approximate surface area is 94.1 Å². The van der Waals surface area contributed by atoms with Gasteiger partial charge in [-0.2, -0.15) is 0 Å². The van der Waals surface area contributed by atoms with Crippen molar-refractivity contribution in [2.45, 2.75) is 19.4 Å². The van der Waals surface area contributed by atoms with E-state index in [-0.39, 0.29) is 18.6 Å². The summed E-state index contributed by atoms with van der Waals surface area (Å²) in [4.78, 5) is 11.4. The maximum Gasteiger partial charge on any atom is 0.224 e. The summed E-state index contributed by atoms with van der Waals surface area (Å²) >= 11 is 5.72. The van der Waals surface area contributed by atoms with Crippen LogP contribution in [0.3, 0.4) is 0 Å². The molecule has 4 heteroatoms. The Morgan fingerprint density at radius 2 is 2.07 bits per heavy atom. The fourth-order valence-electron chi connectivity index (χ4n) is 1.16. The molecule has 0 saturated heterocycles. The molecule has 0 heterocycles. The lowest BCUT2D eigenvalue weighted by atomic mass is 10.1. The molecule has 1 aromatic rings.